The number of carbonyl (C=O) groups is 1. The van der Waals surface area contributed by atoms with Crippen molar-refractivity contribution in [1.82, 2.24) is 5.32 Å². The zero-order chi connectivity index (χ0) is 14.3. The third-order valence-corrected chi connectivity index (χ3v) is 2.97. The van der Waals surface area contributed by atoms with Crippen LogP contribution >= 0.6 is 0 Å². The van der Waals surface area contributed by atoms with Gasteiger partial charge >= 0.3 is 0 Å². The molecule has 1 aromatic carbocycles. The second kappa shape index (κ2) is 7.89. The highest BCUT2D eigenvalue weighted by atomic mass is 16.3. The molecule has 0 bridgehead atoms. The SMILES string of the molecule is CC(=O)NCCC(O)C(O)c1ccccc1CCN. The molecule has 106 valence electrons. The first-order valence-corrected chi connectivity index (χ1v) is 6.44. The Bertz CT molecular complexity index is 409. The summed E-state index contributed by atoms with van der Waals surface area (Å²) in [6.45, 7) is 2.25. The van der Waals surface area contributed by atoms with E-state index in [4.69, 9.17) is 5.73 Å². The number of benzene rings is 1. The van der Waals surface area contributed by atoms with Crippen LogP contribution in [0.3, 0.4) is 0 Å². The van der Waals surface area contributed by atoms with Gasteiger partial charge in [0, 0.05) is 13.5 Å². The summed E-state index contributed by atoms with van der Waals surface area (Å²) in [5.74, 6) is -0.148. The number of carbonyl (C=O) groups excluding carboxylic acids is 1. The van der Waals surface area contributed by atoms with Gasteiger partial charge in [0.05, 0.1) is 6.10 Å². The minimum atomic E-state index is -0.962. The largest absolute Gasteiger partial charge is 0.390 e. The molecule has 5 heteroatoms. The average Bonchev–Trinajstić information content (AvgIpc) is 2.38. The van der Waals surface area contributed by atoms with E-state index in [2.05, 4.69) is 5.32 Å². The van der Waals surface area contributed by atoms with Gasteiger partial charge in [-0.2, -0.15) is 0 Å². The number of amides is 1. The predicted molar refractivity (Wildman–Crippen MR) is 73.5 cm³/mol. The monoisotopic (exact) mass is 266 g/mol. The summed E-state index contributed by atoms with van der Waals surface area (Å²) < 4.78 is 0. The Kier molecular flexibility index (Phi) is 6.49. The fraction of sp³-hybridized carbons (Fsp3) is 0.500. The van der Waals surface area contributed by atoms with Crippen LogP contribution in [-0.4, -0.2) is 35.3 Å². The smallest absolute Gasteiger partial charge is 0.216 e. The molecule has 0 aromatic heterocycles. The lowest BCUT2D eigenvalue weighted by Gasteiger charge is -2.20. The van der Waals surface area contributed by atoms with Crippen molar-refractivity contribution in [2.45, 2.75) is 32.0 Å². The van der Waals surface area contributed by atoms with Crippen LogP contribution < -0.4 is 11.1 Å². The van der Waals surface area contributed by atoms with E-state index in [9.17, 15) is 15.0 Å². The maximum atomic E-state index is 10.7. The Balaban J connectivity index is 2.65. The molecule has 0 saturated carbocycles. The van der Waals surface area contributed by atoms with E-state index in [1.54, 1.807) is 6.07 Å². The Hall–Kier alpha value is -1.43. The summed E-state index contributed by atoms with van der Waals surface area (Å²) in [4.78, 5) is 10.7. The van der Waals surface area contributed by atoms with Gasteiger partial charge in [-0.25, -0.2) is 0 Å². The minimum absolute atomic E-state index is 0.148. The van der Waals surface area contributed by atoms with E-state index in [0.717, 1.165) is 5.56 Å². The molecule has 1 amide bonds. The van der Waals surface area contributed by atoms with Crippen molar-refractivity contribution in [3.8, 4) is 0 Å². The molecule has 0 spiro atoms. The van der Waals surface area contributed by atoms with E-state index in [0.29, 0.717) is 31.5 Å². The molecule has 2 atom stereocenters. The maximum absolute atomic E-state index is 10.7. The van der Waals surface area contributed by atoms with Gasteiger partial charge in [-0.1, -0.05) is 24.3 Å². The standard InChI is InChI=1S/C14H22N2O3/c1-10(17)16-9-7-13(18)14(19)12-5-3-2-4-11(12)6-8-15/h2-5,13-14,18-19H,6-9,15H2,1H3,(H,16,17). The lowest BCUT2D eigenvalue weighted by atomic mass is 9.95. The van der Waals surface area contributed by atoms with Crippen molar-refractivity contribution in [3.63, 3.8) is 0 Å². The van der Waals surface area contributed by atoms with Crippen molar-refractivity contribution < 1.29 is 15.0 Å². The summed E-state index contributed by atoms with van der Waals surface area (Å²) >= 11 is 0. The first-order chi connectivity index (χ1) is 9.06. The van der Waals surface area contributed by atoms with E-state index >= 15 is 0 Å². The van der Waals surface area contributed by atoms with E-state index in [1.165, 1.54) is 6.92 Å². The molecule has 0 radical (unpaired) electrons. The van der Waals surface area contributed by atoms with E-state index < -0.39 is 12.2 Å². The van der Waals surface area contributed by atoms with Gasteiger partial charge in [-0.15, -0.1) is 0 Å². The van der Waals surface area contributed by atoms with Crippen LogP contribution in [0, 0.1) is 0 Å². The number of nitrogens with two attached hydrogens (primary N) is 1. The molecule has 5 N–H and O–H groups in total. The number of nitrogens with one attached hydrogen (secondary N) is 1. The van der Waals surface area contributed by atoms with Crippen LogP contribution in [0.15, 0.2) is 24.3 Å². The van der Waals surface area contributed by atoms with E-state index in [1.807, 2.05) is 18.2 Å². The second-order valence-electron chi connectivity index (χ2n) is 4.52. The van der Waals surface area contributed by atoms with Crippen molar-refractivity contribution in [1.29, 1.82) is 0 Å². The Labute approximate surface area is 113 Å². The summed E-state index contributed by atoms with van der Waals surface area (Å²) in [6.07, 6.45) is -0.911. The highest BCUT2D eigenvalue weighted by Crippen LogP contribution is 2.22. The van der Waals surface area contributed by atoms with Crippen LogP contribution in [0.1, 0.15) is 30.6 Å². The molecular formula is C14H22N2O3. The maximum Gasteiger partial charge on any atom is 0.216 e. The molecule has 1 aromatic rings. The number of hydrogen-bond donors (Lipinski definition) is 4. The van der Waals surface area contributed by atoms with Crippen molar-refractivity contribution in [2.75, 3.05) is 13.1 Å². The van der Waals surface area contributed by atoms with Crippen molar-refractivity contribution in [2.24, 2.45) is 5.73 Å². The highest BCUT2D eigenvalue weighted by molar-refractivity contribution is 5.72. The normalized spacial score (nSPS) is 13.9. The number of hydrogen-bond acceptors (Lipinski definition) is 4. The number of aliphatic hydroxyl groups is 2. The molecule has 2 unspecified atom stereocenters. The topological polar surface area (TPSA) is 95.6 Å². The zero-order valence-corrected chi connectivity index (χ0v) is 11.2. The van der Waals surface area contributed by atoms with Gasteiger partial charge in [0.25, 0.3) is 0 Å². The molecule has 1 rings (SSSR count). The number of aliphatic hydroxyl groups excluding tert-OH is 2. The molecule has 0 heterocycles. The molecule has 0 aliphatic carbocycles. The average molecular weight is 266 g/mol. The van der Waals surface area contributed by atoms with Crippen LogP contribution in [0.5, 0.6) is 0 Å². The van der Waals surface area contributed by atoms with Gasteiger partial charge in [0.15, 0.2) is 0 Å². The molecule has 19 heavy (non-hydrogen) atoms. The van der Waals surface area contributed by atoms with Crippen molar-refractivity contribution >= 4 is 5.91 Å². The van der Waals surface area contributed by atoms with Gasteiger partial charge in [0.2, 0.25) is 5.91 Å². The second-order valence-corrected chi connectivity index (χ2v) is 4.52. The zero-order valence-electron chi connectivity index (χ0n) is 11.2. The predicted octanol–water partition coefficient (Wildman–Crippen LogP) is 0.108. The molecule has 0 aliphatic heterocycles. The Morgan fingerprint density at radius 3 is 2.68 bits per heavy atom. The third-order valence-electron chi connectivity index (χ3n) is 2.97. The van der Waals surface area contributed by atoms with Crippen LogP contribution in [0.4, 0.5) is 0 Å². The van der Waals surface area contributed by atoms with Gasteiger partial charge in [-0.05, 0) is 30.5 Å². The van der Waals surface area contributed by atoms with Gasteiger partial charge in [0.1, 0.15) is 6.10 Å². The first-order valence-electron chi connectivity index (χ1n) is 6.44. The van der Waals surface area contributed by atoms with E-state index in [-0.39, 0.29) is 5.91 Å². The quantitative estimate of drug-likeness (QED) is 0.563. The summed E-state index contributed by atoms with van der Waals surface area (Å²) in [5, 5.41) is 22.7. The Morgan fingerprint density at radius 2 is 2.05 bits per heavy atom. The summed E-state index contributed by atoms with van der Waals surface area (Å²) in [6, 6.07) is 7.38. The lowest BCUT2D eigenvalue weighted by molar-refractivity contribution is -0.119. The number of rotatable bonds is 7. The first kappa shape index (κ1) is 15.6. The molecule has 0 aliphatic rings. The molecule has 0 fully saturated rings. The fourth-order valence-corrected chi connectivity index (χ4v) is 1.97. The minimum Gasteiger partial charge on any atom is -0.390 e. The summed E-state index contributed by atoms with van der Waals surface area (Å²) in [5.41, 5.74) is 7.17. The van der Waals surface area contributed by atoms with Gasteiger partial charge < -0.3 is 21.3 Å². The molecular weight excluding hydrogens is 244 g/mol. The lowest BCUT2D eigenvalue weighted by Crippen LogP contribution is -2.28. The van der Waals surface area contributed by atoms with Crippen molar-refractivity contribution in [3.05, 3.63) is 35.4 Å². The van der Waals surface area contributed by atoms with Gasteiger partial charge in [-0.3, -0.25) is 4.79 Å². The fourth-order valence-electron chi connectivity index (χ4n) is 1.97. The molecule has 0 saturated heterocycles. The summed E-state index contributed by atoms with van der Waals surface area (Å²) in [7, 11) is 0. The van der Waals surface area contributed by atoms with Crippen LogP contribution in [-0.2, 0) is 11.2 Å². The van der Waals surface area contributed by atoms with Crippen LogP contribution in [0.25, 0.3) is 0 Å². The third kappa shape index (κ3) is 4.98. The van der Waals surface area contributed by atoms with Crippen LogP contribution in [0.2, 0.25) is 0 Å². The highest BCUT2D eigenvalue weighted by Gasteiger charge is 2.20. The molecule has 5 nitrogen and oxygen atoms in total. The Morgan fingerprint density at radius 1 is 1.37 bits per heavy atom.